The van der Waals surface area contributed by atoms with E-state index in [1.165, 1.54) is 12.1 Å². The third-order valence-electron chi connectivity index (χ3n) is 5.52. The lowest BCUT2D eigenvalue weighted by Gasteiger charge is -2.34. The van der Waals surface area contributed by atoms with Gasteiger partial charge in [-0.2, -0.15) is 18.4 Å². The quantitative estimate of drug-likeness (QED) is 0.781. The summed E-state index contributed by atoms with van der Waals surface area (Å²) >= 11 is 0. The van der Waals surface area contributed by atoms with Gasteiger partial charge in [-0.15, -0.1) is 0 Å². The molecular formula is C20H26F3N5O. The summed E-state index contributed by atoms with van der Waals surface area (Å²) in [4.78, 5) is 16.6. The summed E-state index contributed by atoms with van der Waals surface area (Å²) in [5.74, 6) is 0.139. The number of hydrogen-bond donors (Lipinski definition) is 2. The van der Waals surface area contributed by atoms with Crippen LogP contribution in [-0.2, 0) is 11.0 Å². The van der Waals surface area contributed by atoms with E-state index >= 15 is 0 Å². The highest BCUT2D eigenvalue weighted by Crippen LogP contribution is 2.34. The number of piperazine rings is 1. The van der Waals surface area contributed by atoms with Crippen LogP contribution in [0.4, 0.5) is 18.9 Å². The SMILES string of the molecule is N#Cc1ccc(NC2CCN(C(=O)CCN3CCNCC3)CC2)cc1C(F)(F)F. The van der Waals surface area contributed by atoms with Gasteiger partial charge in [-0.1, -0.05) is 0 Å². The van der Waals surface area contributed by atoms with Crippen LogP contribution >= 0.6 is 0 Å². The van der Waals surface area contributed by atoms with Gasteiger partial charge in [0.15, 0.2) is 0 Å². The third-order valence-corrected chi connectivity index (χ3v) is 5.52. The molecule has 0 aromatic heterocycles. The number of nitriles is 1. The normalized spacial score (nSPS) is 19.0. The summed E-state index contributed by atoms with van der Waals surface area (Å²) in [5.41, 5.74) is -0.960. The van der Waals surface area contributed by atoms with Gasteiger partial charge in [0.2, 0.25) is 5.91 Å². The molecule has 2 N–H and O–H groups in total. The van der Waals surface area contributed by atoms with Crippen LogP contribution in [0.3, 0.4) is 0 Å². The average Bonchev–Trinajstić information content (AvgIpc) is 2.72. The molecule has 0 bridgehead atoms. The molecule has 1 amide bonds. The minimum atomic E-state index is -4.57. The van der Waals surface area contributed by atoms with E-state index in [1.54, 1.807) is 6.07 Å². The fourth-order valence-electron chi connectivity index (χ4n) is 3.82. The molecule has 3 rings (SSSR count). The summed E-state index contributed by atoms with van der Waals surface area (Å²) in [7, 11) is 0. The number of hydrogen-bond acceptors (Lipinski definition) is 5. The second-order valence-corrected chi connectivity index (χ2v) is 7.51. The monoisotopic (exact) mass is 409 g/mol. The minimum absolute atomic E-state index is 0.00115. The smallest absolute Gasteiger partial charge is 0.382 e. The maximum absolute atomic E-state index is 13.1. The molecule has 0 spiro atoms. The number of amides is 1. The van der Waals surface area contributed by atoms with E-state index in [9.17, 15) is 18.0 Å². The minimum Gasteiger partial charge on any atom is -0.382 e. The number of benzene rings is 1. The molecule has 0 aliphatic carbocycles. The Labute approximate surface area is 168 Å². The van der Waals surface area contributed by atoms with Crippen LogP contribution in [-0.4, -0.2) is 67.6 Å². The van der Waals surface area contributed by atoms with Crippen LogP contribution in [0, 0.1) is 11.3 Å². The highest BCUT2D eigenvalue weighted by Gasteiger charge is 2.34. The molecule has 2 aliphatic heterocycles. The molecule has 2 fully saturated rings. The van der Waals surface area contributed by atoms with Gasteiger partial charge < -0.3 is 20.4 Å². The number of alkyl halides is 3. The van der Waals surface area contributed by atoms with Crippen molar-refractivity contribution in [1.29, 1.82) is 5.26 Å². The number of anilines is 1. The van der Waals surface area contributed by atoms with Crippen LogP contribution in [0.25, 0.3) is 0 Å². The molecule has 6 nitrogen and oxygen atoms in total. The van der Waals surface area contributed by atoms with Gasteiger partial charge in [-0.05, 0) is 31.0 Å². The second kappa shape index (κ2) is 9.46. The van der Waals surface area contributed by atoms with Gasteiger partial charge in [0.05, 0.1) is 17.2 Å². The van der Waals surface area contributed by atoms with Gasteiger partial charge in [-0.3, -0.25) is 4.79 Å². The van der Waals surface area contributed by atoms with Crippen molar-refractivity contribution in [3.8, 4) is 6.07 Å². The largest absolute Gasteiger partial charge is 0.417 e. The molecule has 2 aliphatic rings. The van der Waals surface area contributed by atoms with E-state index < -0.39 is 11.7 Å². The molecule has 1 aromatic rings. The number of halogens is 3. The van der Waals surface area contributed by atoms with Crippen molar-refractivity contribution in [3.63, 3.8) is 0 Å². The molecule has 0 atom stereocenters. The summed E-state index contributed by atoms with van der Waals surface area (Å²) in [6.07, 6.45) is -2.70. The molecule has 158 valence electrons. The first-order chi connectivity index (χ1) is 13.9. The van der Waals surface area contributed by atoms with Crippen molar-refractivity contribution < 1.29 is 18.0 Å². The fraction of sp³-hybridized carbons (Fsp3) is 0.600. The van der Waals surface area contributed by atoms with E-state index in [0.29, 0.717) is 38.0 Å². The zero-order chi connectivity index (χ0) is 20.9. The van der Waals surface area contributed by atoms with Crippen molar-refractivity contribution in [2.45, 2.75) is 31.5 Å². The van der Waals surface area contributed by atoms with E-state index in [0.717, 1.165) is 38.8 Å². The molecule has 29 heavy (non-hydrogen) atoms. The zero-order valence-electron chi connectivity index (χ0n) is 16.3. The number of rotatable bonds is 5. The lowest BCUT2D eigenvalue weighted by Crippen LogP contribution is -2.46. The van der Waals surface area contributed by atoms with Crippen molar-refractivity contribution in [1.82, 2.24) is 15.1 Å². The third kappa shape index (κ3) is 5.84. The Morgan fingerprint density at radius 3 is 2.52 bits per heavy atom. The molecule has 1 aromatic carbocycles. The van der Waals surface area contributed by atoms with E-state index in [4.69, 9.17) is 5.26 Å². The molecule has 0 radical (unpaired) electrons. The van der Waals surface area contributed by atoms with Crippen LogP contribution in [0.5, 0.6) is 0 Å². The molecule has 0 unspecified atom stereocenters. The van der Waals surface area contributed by atoms with E-state index in [1.807, 2.05) is 4.90 Å². The molecule has 2 saturated heterocycles. The maximum atomic E-state index is 13.1. The summed E-state index contributed by atoms with van der Waals surface area (Å²) in [6.45, 7) is 5.80. The van der Waals surface area contributed by atoms with E-state index in [-0.39, 0.29) is 17.5 Å². The van der Waals surface area contributed by atoms with Gasteiger partial charge in [0.25, 0.3) is 0 Å². The lowest BCUT2D eigenvalue weighted by atomic mass is 10.0. The number of carbonyl (C=O) groups is 1. The summed E-state index contributed by atoms with van der Waals surface area (Å²) < 4.78 is 39.3. The van der Waals surface area contributed by atoms with E-state index in [2.05, 4.69) is 15.5 Å². The first-order valence-corrected chi connectivity index (χ1v) is 9.95. The molecule has 9 heteroatoms. The number of likely N-dealkylation sites (tertiary alicyclic amines) is 1. The Morgan fingerprint density at radius 2 is 1.90 bits per heavy atom. The van der Waals surface area contributed by atoms with Crippen LogP contribution in [0.15, 0.2) is 18.2 Å². The van der Waals surface area contributed by atoms with Crippen LogP contribution in [0.2, 0.25) is 0 Å². The highest BCUT2D eigenvalue weighted by atomic mass is 19.4. The first-order valence-electron chi connectivity index (χ1n) is 9.95. The predicted octanol–water partition coefficient (Wildman–Crippen LogP) is 2.28. The molecule has 2 heterocycles. The topological polar surface area (TPSA) is 71.4 Å². The number of nitrogens with zero attached hydrogens (tertiary/aromatic N) is 3. The second-order valence-electron chi connectivity index (χ2n) is 7.51. The Kier molecular flexibility index (Phi) is 6.98. The number of piperidine rings is 1. The van der Waals surface area contributed by atoms with Crippen molar-refractivity contribution >= 4 is 11.6 Å². The standard InChI is InChI=1S/C20H26F3N5O/c21-20(22,23)18-13-17(2-1-15(18)14-24)26-16-3-9-28(10-4-16)19(29)5-8-27-11-6-25-7-12-27/h1-2,13,16,25-26H,3-12H2. The van der Waals surface area contributed by atoms with Crippen LogP contribution in [0.1, 0.15) is 30.4 Å². The Hall–Kier alpha value is -2.31. The highest BCUT2D eigenvalue weighted by molar-refractivity contribution is 5.76. The fourth-order valence-corrected chi connectivity index (χ4v) is 3.82. The maximum Gasteiger partial charge on any atom is 0.417 e. The Morgan fingerprint density at radius 1 is 1.21 bits per heavy atom. The average molecular weight is 409 g/mol. The van der Waals surface area contributed by atoms with Crippen molar-refractivity contribution in [3.05, 3.63) is 29.3 Å². The number of carbonyl (C=O) groups excluding carboxylic acids is 1. The van der Waals surface area contributed by atoms with Crippen LogP contribution < -0.4 is 10.6 Å². The Bertz CT molecular complexity index is 747. The van der Waals surface area contributed by atoms with Gasteiger partial charge in [0, 0.05) is 64.0 Å². The number of nitrogens with one attached hydrogen (secondary N) is 2. The van der Waals surface area contributed by atoms with Crippen molar-refractivity contribution in [2.75, 3.05) is 51.1 Å². The molecule has 0 saturated carbocycles. The summed E-state index contributed by atoms with van der Waals surface area (Å²) in [6, 6.07) is 5.27. The van der Waals surface area contributed by atoms with Gasteiger partial charge in [0.1, 0.15) is 0 Å². The van der Waals surface area contributed by atoms with Gasteiger partial charge >= 0.3 is 6.18 Å². The first kappa shape index (κ1) is 21.4. The van der Waals surface area contributed by atoms with Crippen molar-refractivity contribution in [2.24, 2.45) is 0 Å². The predicted molar refractivity (Wildman–Crippen MR) is 103 cm³/mol. The Balaban J connectivity index is 1.48. The molecular weight excluding hydrogens is 383 g/mol. The van der Waals surface area contributed by atoms with Gasteiger partial charge in [-0.25, -0.2) is 0 Å². The zero-order valence-corrected chi connectivity index (χ0v) is 16.3. The summed E-state index contributed by atoms with van der Waals surface area (Å²) in [5, 5.41) is 15.3. The lowest BCUT2D eigenvalue weighted by molar-refractivity contribution is -0.137.